The minimum Gasteiger partial charge on any atom is -0.481 e. The summed E-state index contributed by atoms with van der Waals surface area (Å²) in [6.45, 7) is 9.10. The first kappa shape index (κ1) is 28.6. The first-order valence-corrected chi connectivity index (χ1v) is 15.1. The highest BCUT2D eigenvalue weighted by Gasteiger charge is 2.58. The second-order valence-electron chi connectivity index (χ2n) is 14.1. The molecule has 0 aromatic carbocycles. The molecule has 1 saturated heterocycles. The maximum atomic E-state index is 12.7. The molecule has 8 atom stereocenters. The molecular weight excluding hydrogens is 496 g/mol. The number of fused-ring (bicyclic) bond motifs is 5. The van der Waals surface area contributed by atoms with Gasteiger partial charge in [0.1, 0.15) is 0 Å². The number of carbonyl (C=O) groups excluding carboxylic acids is 1. The van der Waals surface area contributed by atoms with E-state index in [0.717, 1.165) is 50.7 Å². The lowest BCUT2D eigenvalue weighted by Gasteiger charge is -2.57. The summed E-state index contributed by atoms with van der Waals surface area (Å²) in [4.78, 5) is 29.7. The molecule has 0 aromatic rings. The number of carboxylic acids is 1. The molecular formula is C31H48N2O6. The maximum absolute atomic E-state index is 12.7. The lowest BCUT2D eigenvalue weighted by Crippen LogP contribution is -2.51. The summed E-state index contributed by atoms with van der Waals surface area (Å²) in [7, 11) is 0. The van der Waals surface area contributed by atoms with E-state index in [2.05, 4.69) is 30.4 Å². The van der Waals surface area contributed by atoms with Crippen LogP contribution in [-0.2, 0) is 19.2 Å². The number of rotatable bonds is 7. The Bertz CT molecular complexity index is 1020. The molecule has 1 heterocycles. The molecule has 3 saturated carbocycles. The van der Waals surface area contributed by atoms with Gasteiger partial charge in [0.25, 0.3) is 5.91 Å². The molecule has 8 heteroatoms. The lowest BCUT2D eigenvalue weighted by atomic mass is 9.47. The van der Waals surface area contributed by atoms with Crippen molar-refractivity contribution in [2.45, 2.75) is 116 Å². The van der Waals surface area contributed by atoms with Gasteiger partial charge in [-0.25, -0.2) is 0 Å². The molecule has 0 radical (unpaired) electrons. The van der Waals surface area contributed by atoms with Gasteiger partial charge < -0.3 is 25.1 Å². The fourth-order valence-corrected chi connectivity index (χ4v) is 9.18. The van der Waals surface area contributed by atoms with Crippen molar-refractivity contribution < 1.29 is 29.4 Å². The number of oxime groups is 1. The minimum absolute atomic E-state index is 0.0427. The Kier molecular flexibility index (Phi) is 7.92. The number of carbonyl (C=O) groups is 2. The topological polar surface area (TPSA) is 117 Å². The van der Waals surface area contributed by atoms with Gasteiger partial charge in [0.15, 0.2) is 6.61 Å². The van der Waals surface area contributed by atoms with Crippen LogP contribution in [0, 0.1) is 34.5 Å². The van der Waals surface area contributed by atoms with Crippen LogP contribution in [0.5, 0.6) is 0 Å². The van der Waals surface area contributed by atoms with E-state index in [1.54, 1.807) is 0 Å². The summed E-state index contributed by atoms with van der Waals surface area (Å²) in [5.41, 5.74) is 2.30. The van der Waals surface area contributed by atoms with Gasteiger partial charge >= 0.3 is 5.97 Å². The van der Waals surface area contributed by atoms with Crippen LogP contribution in [0.25, 0.3) is 0 Å². The Morgan fingerprint density at radius 2 is 1.90 bits per heavy atom. The largest absolute Gasteiger partial charge is 0.481 e. The number of hydrogen-bond donors (Lipinski definition) is 3. The van der Waals surface area contributed by atoms with Crippen LogP contribution in [0.3, 0.4) is 0 Å². The normalized spacial score (nSPS) is 41.0. The number of aliphatic carboxylic acids is 1. The molecule has 8 nitrogen and oxygen atoms in total. The molecule has 39 heavy (non-hydrogen) atoms. The van der Waals surface area contributed by atoms with Gasteiger partial charge in [-0.3, -0.25) is 9.59 Å². The lowest BCUT2D eigenvalue weighted by molar-refractivity contribution is -0.139. The zero-order valence-electron chi connectivity index (χ0n) is 24.2. The van der Waals surface area contributed by atoms with E-state index < -0.39 is 12.0 Å². The van der Waals surface area contributed by atoms with Crippen molar-refractivity contribution >= 4 is 17.6 Å². The monoisotopic (exact) mass is 544 g/mol. The zero-order chi connectivity index (χ0) is 28.0. The minimum atomic E-state index is -0.927. The van der Waals surface area contributed by atoms with Crippen LogP contribution in [0.2, 0.25) is 0 Å². The highest BCUT2D eigenvalue weighted by atomic mass is 16.6. The van der Waals surface area contributed by atoms with Gasteiger partial charge in [0, 0.05) is 12.6 Å². The molecule has 218 valence electrons. The first-order chi connectivity index (χ1) is 18.4. The number of ether oxygens (including phenoxy) is 1. The number of aliphatic hydroxyl groups excluding tert-OH is 1. The summed E-state index contributed by atoms with van der Waals surface area (Å²) < 4.78 is 5.77. The molecule has 3 N–H and O–H groups in total. The summed E-state index contributed by atoms with van der Waals surface area (Å²) in [5.74, 6) is 0.772. The second kappa shape index (κ2) is 10.8. The van der Waals surface area contributed by atoms with Crippen molar-refractivity contribution in [3.05, 3.63) is 11.6 Å². The van der Waals surface area contributed by atoms with E-state index >= 15 is 0 Å². The predicted molar refractivity (Wildman–Crippen MR) is 148 cm³/mol. The number of allylic oxidation sites excluding steroid dienone is 2. The summed E-state index contributed by atoms with van der Waals surface area (Å²) in [6.07, 6.45) is 11.9. The first-order valence-electron chi connectivity index (χ1n) is 15.1. The Morgan fingerprint density at radius 3 is 2.64 bits per heavy atom. The standard InChI is InChI=1S/C31H48N2O6/c1-29(2)17-19(11-14-38-29)25(16-28(36)37)32-27(35)18-39-33-21-9-12-30(3)20(15-21)5-6-22-23-7-8-26(34)31(23,4)13-10-24(22)30/h15,19,22-26,34H,5-14,16-18H2,1-4H3,(H,32,35)(H,36,37)/b33-21-/t19-,22-,23-,24-,25-,26+,30-,31-/m0/s1. The molecule has 4 fully saturated rings. The number of amides is 1. The molecule has 0 bridgehead atoms. The fraction of sp³-hybridized carbons (Fsp3) is 0.839. The van der Waals surface area contributed by atoms with Crippen molar-refractivity contribution in [1.29, 1.82) is 0 Å². The fourth-order valence-electron chi connectivity index (χ4n) is 9.18. The SMILES string of the molecule is CC1(C)C[C@@H]([C@H](CC(=O)O)NC(=O)CO/N=C2\C=C3CC[C@H]4[C@@H]5CC[C@@H](O)[C@@]5(C)CC[C@@H]4[C@@]3(C)CC2)CCO1. The van der Waals surface area contributed by atoms with E-state index in [-0.39, 0.29) is 47.4 Å². The Labute approximate surface area is 233 Å². The Morgan fingerprint density at radius 1 is 1.10 bits per heavy atom. The van der Waals surface area contributed by atoms with Crippen LogP contribution in [0.4, 0.5) is 0 Å². The van der Waals surface area contributed by atoms with Gasteiger partial charge in [-0.1, -0.05) is 24.6 Å². The summed E-state index contributed by atoms with van der Waals surface area (Å²) in [5, 5.41) is 27.3. The smallest absolute Gasteiger partial charge is 0.305 e. The molecule has 5 rings (SSSR count). The number of nitrogens with one attached hydrogen (secondary N) is 1. The van der Waals surface area contributed by atoms with E-state index in [0.29, 0.717) is 30.8 Å². The summed E-state index contributed by atoms with van der Waals surface area (Å²) >= 11 is 0. The third-order valence-corrected chi connectivity index (χ3v) is 11.3. The van der Waals surface area contributed by atoms with Crippen LogP contribution in [0.1, 0.15) is 98.3 Å². The third kappa shape index (κ3) is 5.65. The molecule has 0 spiro atoms. The van der Waals surface area contributed by atoms with E-state index in [9.17, 15) is 19.8 Å². The van der Waals surface area contributed by atoms with Crippen molar-refractivity contribution in [1.82, 2.24) is 5.32 Å². The van der Waals surface area contributed by atoms with Gasteiger partial charge in [0.2, 0.25) is 0 Å². The van der Waals surface area contributed by atoms with Crippen molar-refractivity contribution in [3.8, 4) is 0 Å². The average Bonchev–Trinajstić information content (AvgIpc) is 3.17. The van der Waals surface area contributed by atoms with Gasteiger partial charge in [0.05, 0.1) is 23.8 Å². The molecule has 0 aromatic heterocycles. The van der Waals surface area contributed by atoms with Gasteiger partial charge in [-0.2, -0.15) is 0 Å². The van der Waals surface area contributed by atoms with Crippen molar-refractivity contribution in [2.24, 2.45) is 39.7 Å². The highest BCUT2D eigenvalue weighted by Crippen LogP contribution is 2.65. The second-order valence-corrected chi connectivity index (χ2v) is 14.1. The number of hydrogen-bond acceptors (Lipinski definition) is 6. The predicted octanol–water partition coefficient (Wildman–Crippen LogP) is 4.85. The molecule has 0 unspecified atom stereocenters. The van der Waals surface area contributed by atoms with Crippen LogP contribution in [-0.4, -0.2) is 58.8 Å². The van der Waals surface area contributed by atoms with E-state index in [4.69, 9.17) is 9.57 Å². The van der Waals surface area contributed by atoms with E-state index in [1.165, 1.54) is 18.4 Å². The highest BCUT2D eigenvalue weighted by molar-refractivity contribution is 5.96. The van der Waals surface area contributed by atoms with Crippen molar-refractivity contribution in [2.75, 3.05) is 13.2 Å². The average molecular weight is 545 g/mol. The number of carboxylic acid groups (broad SMARTS) is 1. The quantitative estimate of drug-likeness (QED) is 0.395. The molecule has 1 amide bonds. The van der Waals surface area contributed by atoms with E-state index in [1.807, 2.05) is 13.8 Å². The van der Waals surface area contributed by atoms with Gasteiger partial charge in [-0.05, 0) is 119 Å². The maximum Gasteiger partial charge on any atom is 0.305 e. The number of nitrogens with zero attached hydrogens (tertiary/aromatic N) is 1. The van der Waals surface area contributed by atoms with Crippen LogP contribution >= 0.6 is 0 Å². The van der Waals surface area contributed by atoms with Crippen LogP contribution < -0.4 is 5.32 Å². The molecule has 1 aliphatic heterocycles. The zero-order valence-corrected chi connectivity index (χ0v) is 24.2. The third-order valence-electron chi connectivity index (χ3n) is 11.3. The van der Waals surface area contributed by atoms with Crippen LogP contribution in [0.15, 0.2) is 16.8 Å². The number of aliphatic hydroxyl groups is 1. The van der Waals surface area contributed by atoms with Crippen molar-refractivity contribution in [3.63, 3.8) is 0 Å². The van der Waals surface area contributed by atoms with Gasteiger partial charge in [-0.15, -0.1) is 0 Å². The Hall–Kier alpha value is -1.93. The Balaban J connectivity index is 1.18. The molecule has 5 aliphatic rings. The summed E-state index contributed by atoms with van der Waals surface area (Å²) in [6, 6.07) is -0.458. The molecule has 4 aliphatic carbocycles.